The third kappa shape index (κ3) is 5.82. The molecule has 8 nitrogen and oxygen atoms in total. The highest BCUT2D eigenvalue weighted by atomic mass is 16.5. The zero-order chi connectivity index (χ0) is 28.3. The summed E-state index contributed by atoms with van der Waals surface area (Å²) >= 11 is 0. The highest BCUT2D eigenvalue weighted by Crippen LogP contribution is 2.36. The Morgan fingerprint density at radius 3 is 2.78 bits per heavy atom. The van der Waals surface area contributed by atoms with Crippen LogP contribution in [-0.2, 0) is 33.8 Å². The number of ether oxygens (including phenoxy) is 3. The third-order valence-electron chi connectivity index (χ3n) is 8.83. The summed E-state index contributed by atoms with van der Waals surface area (Å²) in [5.74, 6) is 0.312. The molecule has 1 N–H and O–H groups in total. The van der Waals surface area contributed by atoms with Crippen LogP contribution in [0, 0.1) is 12.8 Å². The molecule has 2 aromatic carbocycles. The molecule has 216 valence electrons. The van der Waals surface area contributed by atoms with Crippen LogP contribution < -0.4 is 9.64 Å². The van der Waals surface area contributed by atoms with Crippen LogP contribution in [0.15, 0.2) is 54.6 Å². The maximum atomic E-state index is 11.8. The lowest BCUT2D eigenvalue weighted by Gasteiger charge is -2.33. The number of anilines is 1. The molecule has 0 radical (unpaired) electrons. The van der Waals surface area contributed by atoms with Gasteiger partial charge in [0.15, 0.2) is 0 Å². The van der Waals surface area contributed by atoms with E-state index in [1.807, 2.05) is 30.3 Å². The second kappa shape index (κ2) is 12.2. The highest BCUT2D eigenvalue weighted by Gasteiger charge is 2.39. The lowest BCUT2D eigenvalue weighted by molar-refractivity contribution is -0.142. The number of benzene rings is 2. The number of fused-ring (bicyclic) bond motifs is 1. The number of pyridine rings is 1. The largest absolute Gasteiger partial charge is 0.488 e. The van der Waals surface area contributed by atoms with E-state index in [0.29, 0.717) is 32.2 Å². The topological polar surface area (TPSA) is 84.4 Å². The Bertz CT molecular complexity index is 1390. The molecule has 3 unspecified atom stereocenters. The molecule has 3 aliphatic heterocycles. The van der Waals surface area contributed by atoms with Crippen LogP contribution in [0.3, 0.4) is 0 Å². The molecule has 3 aromatic rings. The van der Waals surface area contributed by atoms with E-state index >= 15 is 0 Å². The zero-order valence-corrected chi connectivity index (χ0v) is 23.9. The number of carboxylic acids is 1. The maximum absolute atomic E-state index is 11.8. The molecule has 8 heteroatoms. The van der Waals surface area contributed by atoms with Crippen molar-refractivity contribution in [1.29, 1.82) is 0 Å². The van der Waals surface area contributed by atoms with Gasteiger partial charge in [0, 0.05) is 45.0 Å². The summed E-state index contributed by atoms with van der Waals surface area (Å²) in [6, 6.07) is 19.1. The molecule has 1 aromatic heterocycles. The molecule has 2 fully saturated rings. The second-order valence-electron chi connectivity index (χ2n) is 11.4. The minimum atomic E-state index is -0.789. The first-order valence-corrected chi connectivity index (χ1v) is 14.6. The van der Waals surface area contributed by atoms with E-state index in [1.165, 1.54) is 11.1 Å². The van der Waals surface area contributed by atoms with Crippen molar-refractivity contribution in [2.75, 3.05) is 44.9 Å². The number of hydrogen-bond acceptors (Lipinski definition) is 7. The fourth-order valence-corrected chi connectivity index (χ4v) is 6.58. The average molecular weight is 558 g/mol. The van der Waals surface area contributed by atoms with Gasteiger partial charge < -0.3 is 24.2 Å². The van der Waals surface area contributed by atoms with Gasteiger partial charge in [-0.1, -0.05) is 36.4 Å². The number of carboxylic acid groups (broad SMARTS) is 1. The van der Waals surface area contributed by atoms with Gasteiger partial charge in [0.05, 0.1) is 30.9 Å². The summed E-state index contributed by atoms with van der Waals surface area (Å²) < 4.78 is 17.5. The van der Waals surface area contributed by atoms with E-state index in [9.17, 15) is 9.90 Å². The van der Waals surface area contributed by atoms with Crippen molar-refractivity contribution < 1.29 is 24.1 Å². The van der Waals surface area contributed by atoms with Gasteiger partial charge in [-0.25, -0.2) is 4.98 Å². The monoisotopic (exact) mass is 557 g/mol. The van der Waals surface area contributed by atoms with Crippen LogP contribution in [0.4, 0.5) is 5.82 Å². The van der Waals surface area contributed by atoms with Crippen molar-refractivity contribution in [3.8, 4) is 17.0 Å². The summed E-state index contributed by atoms with van der Waals surface area (Å²) in [6.45, 7) is 7.30. The lowest BCUT2D eigenvalue weighted by atomic mass is 9.96. The number of aryl methyl sites for hydroxylation is 1. The molecule has 0 spiro atoms. The quantitative estimate of drug-likeness (QED) is 0.405. The number of rotatable bonds is 9. The molecule has 3 atom stereocenters. The van der Waals surface area contributed by atoms with Gasteiger partial charge >= 0.3 is 5.97 Å². The normalized spacial score (nSPS) is 22.6. The predicted molar refractivity (Wildman–Crippen MR) is 157 cm³/mol. The molecule has 0 saturated carbocycles. The third-order valence-corrected chi connectivity index (χ3v) is 8.83. The summed E-state index contributed by atoms with van der Waals surface area (Å²) in [5.41, 5.74) is 6.76. The predicted octanol–water partition coefficient (Wildman–Crippen LogP) is 4.71. The SMILES string of the molecule is COCC1C(C(=O)O)CCN1c1cccc(-c2cccc(C)c2OCc2ccc3c(c2)CCN(C2CCOC2)C3)n1. The number of para-hydroxylation sites is 1. The molecular formula is C33H39N3O5. The van der Waals surface area contributed by atoms with Crippen molar-refractivity contribution in [2.24, 2.45) is 5.92 Å². The van der Waals surface area contributed by atoms with Crippen LogP contribution in [0.1, 0.15) is 35.1 Å². The summed E-state index contributed by atoms with van der Waals surface area (Å²) in [6.07, 6.45) is 2.75. The smallest absolute Gasteiger partial charge is 0.308 e. The first-order chi connectivity index (χ1) is 20.0. The number of hydrogen-bond donors (Lipinski definition) is 1. The van der Waals surface area contributed by atoms with E-state index in [1.54, 1.807) is 7.11 Å². The Hall–Kier alpha value is -3.46. The summed E-state index contributed by atoms with van der Waals surface area (Å²) in [4.78, 5) is 21.5. The van der Waals surface area contributed by atoms with E-state index < -0.39 is 11.9 Å². The van der Waals surface area contributed by atoms with Gasteiger partial charge in [-0.2, -0.15) is 0 Å². The molecule has 6 rings (SSSR count). The van der Waals surface area contributed by atoms with Crippen molar-refractivity contribution in [2.45, 2.75) is 51.4 Å². The zero-order valence-electron chi connectivity index (χ0n) is 23.9. The minimum absolute atomic E-state index is 0.254. The van der Waals surface area contributed by atoms with E-state index in [0.717, 1.165) is 73.1 Å². The number of aliphatic carboxylic acids is 1. The van der Waals surface area contributed by atoms with Gasteiger partial charge in [0.25, 0.3) is 0 Å². The average Bonchev–Trinajstić information content (AvgIpc) is 3.67. The fraction of sp³-hybridized carbons (Fsp3) is 0.455. The standard InChI is InChI=1S/C33H39N3O5/c1-22-5-3-6-27(29-7-4-8-31(34-29)36-15-12-28(33(37)38)30(36)21-39-2)32(22)41-19-23-9-10-25-18-35(14-11-24(25)17-23)26-13-16-40-20-26/h3-10,17,26,28,30H,11-16,18-21H2,1-2H3,(H,37,38). The Balaban J connectivity index is 1.20. The van der Waals surface area contributed by atoms with E-state index in [4.69, 9.17) is 19.2 Å². The molecule has 0 aliphatic carbocycles. The number of methoxy groups -OCH3 is 1. The molecule has 3 aliphatic rings. The molecule has 2 saturated heterocycles. The summed E-state index contributed by atoms with van der Waals surface area (Å²) in [7, 11) is 1.61. The van der Waals surface area contributed by atoms with Crippen molar-refractivity contribution >= 4 is 11.8 Å². The van der Waals surface area contributed by atoms with Crippen LogP contribution >= 0.6 is 0 Å². The fourth-order valence-electron chi connectivity index (χ4n) is 6.58. The molecule has 4 heterocycles. The van der Waals surface area contributed by atoms with Crippen molar-refractivity contribution in [3.05, 3.63) is 76.9 Å². The Morgan fingerprint density at radius 2 is 1.98 bits per heavy atom. The number of nitrogens with zero attached hydrogens (tertiary/aromatic N) is 3. The molecular weight excluding hydrogens is 518 g/mol. The molecule has 41 heavy (non-hydrogen) atoms. The molecule has 0 bridgehead atoms. The number of carbonyl (C=O) groups is 1. The Morgan fingerprint density at radius 1 is 1.10 bits per heavy atom. The summed E-state index contributed by atoms with van der Waals surface area (Å²) in [5, 5.41) is 9.72. The van der Waals surface area contributed by atoms with Gasteiger partial charge in [-0.3, -0.25) is 9.69 Å². The van der Waals surface area contributed by atoms with Gasteiger partial charge in [-0.05, 0) is 66.6 Å². The highest BCUT2D eigenvalue weighted by molar-refractivity contribution is 5.74. The van der Waals surface area contributed by atoms with Gasteiger partial charge in [-0.15, -0.1) is 0 Å². The number of aromatic nitrogens is 1. The first kappa shape index (κ1) is 27.7. The van der Waals surface area contributed by atoms with Crippen LogP contribution in [-0.4, -0.2) is 73.1 Å². The van der Waals surface area contributed by atoms with Crippen LogP contribution in [0.25, 0.3) is 11.3 Å². The van der Waals surface area contributed by atoms with Crippen LogP contribution in [0.5, 0.6) is 5.75 Å². The maximum Gasteiger partial charge on any atom is 0.308 e. The Labute approximate surface area is 241 Å². The van der Waals surface area contributed by atoms with Crippen molar-refractivity contribution in [1.82, 2.24) is 9.88 Å². The van der Waals surface area contributed by atoms with E-state index in [-0.39, 0.29) is 6.04 Å². The van der Waals surface area contributed by atoms with Gasteiger partial charge in [0.1, 0.15) is 18.2 Å². The van der Waals surface area contributed by atoms with E-state index in [2.05, 4.69) is 41.0 Å². The van der Waals surface area contributed by atoms with Gasteiger partial charge in [0.2, 0.25) is 0 Å². The lowest BCUT2D eigenvalue weighted by Crippen LogP contribution is -2.39. The first-order valence-electron chi connectivity index (χ1n) is 14.6. The second-order valence-corrected chi connectivity index (χ2v) is 11.4. The Kier molecular flexibility index (Phi) is 8.23. The van der Waals surface area contributed by atoms with Crippen LogP contribution in [0.2, 0.25) is 0 Å². The minimum Gasteiger partial charge on any atom is -0.488 e. The molecule has 0 amide bonds. The van der Waals surface area contributed by atoms with Crippen molar-refractivity contribution in [3.63, 3.8) is 0 Å².